The molecule has 0 spiro atoms. The third-order valence-electron chi connectivity index (χ3n) is 4.41. The van der Waals surface area contributed by atoms with Crippen LogP contribution in [0.4, 0.5) is 0 Å². The lowest BCUT2D eigenvalue weighted by Gasteiger charge is -2.37. The minimum absolute atomic E-state index is 0.0228. The van der Waals surface area contributed by atoms with Gasteiger partial charge in [-0.1, -0.05) is 60.7 Å². The van der Waals surface area contributed by atoms with Gasteiger partial charge < -0.3 is 15.5 Å². The zero-order chi connectivity index (χ0) is 16.9. The van der Waals surface area contributed by atoms with Gasteiger partial charge >= 0.3 is 5.97 Å². The van der Waals surface area contributed by atoms with E-state index in [4.69, 9.17) is 10.1 Å². The highest BCUT2D eigenvalue weighted by Gasteiger charge is 2.40. The molecule has 1 heterocycles. The molecule has 124 valence electrons. The summed E-state index contributed by atoms with van der Waals surface area (Å²) in [5.74, 6) is -0.900. The second-order valence-electron chi connectivity index (χ2n) is 5.98. The molecule has 0 aliphatic carbocycles. The predicted octanol–water partition coefficient (Wildman–Crippen LogP) is 3.66. The fourth-order valence-corrected chi connectivity index (χ4v) is 3.28. The molecule has 1 saturated heterocycles. The quantitative estimate of drug-likeness (QED) is 0.844. The van der Waals surface area contributed by atoms with E-state index in [-0.39, 0.29) is 18.1 Å². The van der Waals surface area contributed by atoms with Gasteiger partial charge in [0.2, 0.25) is 0 Å². The van der Waals surface area contributed by atoms with Gasteiger partial charge in [-0.15, -0.1) is 0 Å². The normalized spacial score (nSPS) is 23.7. The van der Waals surface area contributed by atoms with E-state index in [1.807, 2.05) is 48.5 Å². The highest BCUT2D eigenvalue weighted by molar-refractivity contribution is 6.02. The summed E-state index contributed by atoms with van der Waals surface area (Å²) in [5.41, 5.74) is 2.56. The van der Waals surface area contributed by atoms with Crippen LogP contribution in [0.3, 0.4) is 0 Å². The number of ether oxygens (including phenoxy) is 1. The smallest absolute Gasteiger partial charge is 0.316 e. The Kier molecular flexibility index (Phi) is 5.06. The van der Waals surface area contributed by atoms with Crippen molar-refractivity contribution in [1.82, 2.24) is 5.32 Å². The summed E-state index contributed by atoms with van der Waals surface area (Å²) >= 11 is 0. The Labute approximate surface area is 142 Å². The number of nitrogens with one attached hydrogen (secondary N) is 2. The van der Waals surface area contributed by atoms with Crippen LogP contribution in [0.15, 0.2) is 60.7 Å². The summed E-state index contributed by atoms with van der Waals surface area (Å²) in [7, 11) is 0. The number of carbonyl (C=O) groups is 1. The molecule has 0 unspecified atom stereocenters. The van der Waals surface area contributed by atoms with Crippen molar-refractivity contribution in [1.29, 1.82) is 5.41 Å². The van der Waals surface area contributed by atoms with E-state index in [1.54, 1.807) is 6.92 Å². The van der Waals surface area contributed by atoms with Crippen molar-refractivity contribution in [3.05, 3.63) is 71.8 Å². The highest BCUT2D eigenvalue weighted by Crippen LogP contribution is 2.35. The highest BCUT2D eigenvalue weighted by atomic mass is 16.5. The molecule has 3 rings (SSSR count). The Hall–Kier alpha value is -2.46. The van der Waals surface area contributed by atoms with Crippen LogP contribution in [0, 0.1) is 11.3 Å². The number of piperidine rings is 1. The zero-order valence-electron chi connectivity index (χ0n) is 13.7. The monoisotopic (exact) mass is 322 g/mol. The van der Waals surface area contributed by atoms with Crippen LogP contribution in [-0.2, 0) is 9.53 Å². The van der Waals surface area contributed by atoms with Gasteiger partial charge in [-0.25, -0.2) is 0 Å². The molecule has 0 amide bonds. The lowest BCUT2D eigenvalue weighted by atomic mass is 9.80. The molecule has 1 fully saturated rings. The maximum atomic E-state index is 12.4. The number of carbonyl (C=O) groups excluding carboxylic acids is 1. The Balaban J connectivity index is 1.93. The Morgan fingerprint density at radius 3 is 2.25 bits per heavy atom. The predicted molar refractivity (Wildman–Crippen MR) is 94.0 cm³/mol. The SMILES string of the molecule is CCOC(=O)[C@@H]1C(=N)C[C@@H](c2ccccc2)N[C@@H]1c1ccccc1. The van der Waals surface area contributed by atoms with E-state index in [1.165, 1.54) is 0 Å². The minimum Gasteiger partial charge on any atom is -0.465 e. The first-order valence-corrected chi connectivity index (χ1v) is 8.30. The molecule has 3 atom stereocenters. The third-order valence-corrected chi connectivity index (χ3v) is 4.41. The van der Waals surface area contributed by atoms with Crippen LogP contribution in [-0.4, -0.2) is 18.3 Å². The van der Waals surface area contributed by atoms with Crippen LogP contribution >= 0.6 is 0 Å². The first-order valence-electron chi connectivity index (χ1n) is 8.30. The van der Waals surface area contributed by atoms with Crippen LogP contribution in [0.25, 0.3) is 0 Å². The van der Waals surface area contributed by atoms with Gasteiger partial charge in [0.1, 0.15) is 5.92 Å². The molecule has 0 bridgehead atoms. The second kappa shape index (κ2) is 7.41. The van der Waals surface area contributed by atoms with Crippen molar-refractivity contribution in [2.24, 2.45) is 5.92 Å². The van der Waals surface area contributed by atoms with E-state index in [0.717, 1.165) is 11.1 Å². The lowest BCUT2D eigenvalue weighted by molar-refractivity contribution is -0.146. The van der Waals surface area contributed by atoms with Gasteiger partial charge in [-0.2, -0.15) is 0 Å². The fourth-order valence-electron chi connectivity index (χ4n) is 3.28. The van der Waals surface area contributed by atoms with Crippen molar-refractivity contribution < 1.29 is 9.53 Å². The number of hydrogen-bond acceptors (Lipinski definition) is 4. The maximum absolute atomic E-state index is 12.4. The summed E-state index contributed by atoms with van der Waals surface area (Å²) in [6, 6.07) is 19.7. The van der Waals surface area contributed by atoms with E-state index >= 15 is 0 Å². The molecule has 0 aromatic heterocycles. The molecule has 2 N–H and O–H groups in total. The van der Waals surface area contributed by atoms with Crippen molar-refractivity contribution in [3.8, 4) is 0 Å². The molecule has 1 aliphatic rings. The molecule has 2 aromatic carbocycles. The summed E-state index contributed by atoms with van der Waals surface area (Å²) in [4.78, 5) is 12.4. The van der Waals surface area contributed by atoms with E-state index in [0.29, 0.717) is 18.7 Å². The van der Waals surface area contributed by atoms with Crippen molar-refractivity contribution in [3.63, 3.8) is 0 Å². The molecule has 4 heteroatoms. The van der Waals surface area contributed by atoms with Crippen LogP contribution in [0.1, 0.15) is 36.6 Å². The first kappa shape index (κ1) is 16.4. The maximum Gasteiger partial charge on any atom is 0.316 e. The fraction of sp³-hybridized carbons (Fsp3) is 0.300. The van der Waals surface area contributed by atoms with E-state index in [2.05, 4.69) is 17.4 Å². The molecular formula is C20H22N2O2. The number of esters is 1. The molecule has 24 heavy (non-hydrogen) atoms. The Morgan fingerprint density at radius 2 is 1.67 bits per heavy atom. The molecule has 4 nitrogen and oxygen atoms in total. The van der Waals surface area contributed by atoms with E-state index < -0.39 is 5.92 Å². The van der Waals surface area contributed by atoms with Crippen molar-refractivity contribution in [2.45, 2.75) is 25.4 Å². The largest absolute Gasteiger partial charge is 0.465 e. The molecule has 1 aliphatic heterocycles. The van der Waals surface area contributed by atoms with Crippen molar-refractivity contribution >= 4 is 11.7 Å². The molecule has 0 radical (unpaired) electrons. The number of benzene rings is 2. The van der Waals surface area contributed by atoms with Crippen LogP contribution in [0.5, 0.6) is 0 Å². The summed E-state index contributed by atoms with van der Waals surface area (Å²) in [5, 5.41) is 12.0. The number of hydrogen-bond donors (Lipinski definition) is 2. The molecule has 2 aromatic rings. The Morgan fingerprint density at radius 1 is 1.08 bits per heavy atom. The van der Waals surface area contributed by atoms with E-state index in [9.17, 15) is 4.79 Å². The average molecular weight is 322 g/mol. The standard InChI is InChI=1S/C20H22N2O2/c1-2-24-20(23)18-16(21)13-17(14-9-5-3-6-10-14)22-19(18)15-11-7-4-8-12-15/h3-12,17-19,21-22H,2,13H2,1H3/t17-,18+,19+/m0/s1. The second-order valence-corrected chi connectivity index (χ2v) is 5.98. The molecule has 0 saturated carbocycles. The van der Waals surface area contributed by atoms with Gasteiger partial charge in [0.15, 0.2) is 0 Å². The third kappa shape index (κ3) is 3.39. The van der Waals surface area contributed by atoms with Gasteiger partial charge in [0.05, 0.1) is 12.6 Å². The van der Waals surface area contributed by atoms with Gasteiger partial charge in [-0.3, -0.25) is 4.79 Å². The van der Waals surface area contributed by atoms with Crippen LogP contribution < -0.4 is 5.32 Å². The number of rotatable bonds is 4. The van der Waals surface area contributed by atoms with Gasteiger partial charge in [-0.05, 0) is 18.1 Å². The van der Waals surface area contributed by atoms with Crippen molar-refractivity contribution in [2.75, 3.05) is 6.61 Å². The Bertz CT molecular complexity index is 700. The minimum atomic E-state index is -0.577. The zero-order valence-corrected chi connectivity index (χ0v) is 13.7. The van der Waals surface area contributed by atoms with Gasteiger partial charge in [0.25, 0.3) is 0 Å². The average Bonchev–Trinajstić information content (AvgIpc) is 2.62. The van der Waals surface area contributed by atoms with Crippen LogP contribution in [0.2, 0.25) is 0 Å². The molecular weight excluding hydrogens is 300 g/mol. The lowest BCUT2D eigenvalue weighted by Crippen LogP contribution is -2.46. The summed E-state index contributed by atoms with van der Waals surface area (Å²) in [6.45, 7) is 2.12. The summed E-state index contributed by atoms with van der Waals surface area (Å²) < 4.78 is 5.22. The van der Waals surface area contributed by atoms with Gasteiger partial charge in [0, 0.05) is 18.2 Å². The first-order chi connectivity index (χ1) is 11.7. The summed E-state index contributed by atoms with van der Waals surface area (Å²) in [6.07, 6.45) is 0.511. The topological polar surface area (TPSA) is 62.2 Å².